The van der Waals surface area contributed by atoms with E-state index in [0.717, 1.165) is 16.9 Å². The van der Waals surface area contributed by atoms with Crippen LogP contribution in [0.2, 0.25) is 10.0 Å². The Bertz CT molecular complexity index is 955. The average Bonchev–Trinajstić information content (AvgIpc) is 2.89. The first-order chi connectivity index (χ1) is 12.0. The zero-order valence-corrected chi connectivity index (χ0v) is 15.0. The van der Waals surface area contributed by atoms with Crippen molar-refractivity contribution in [3.8, 4) is 11.5 Å². The molecule has 3 aromatic rings. The van der Waals surface area contributed by atoms with Crippen molar-refractivity contribution >= 4 is 34.2 Å². The first-order valence-corrected chi connectivity index (χ1v) is 8.68. The molecular formula is C18H16Cl2N2O3. The standard InChI is InChI=1S/C18H16Cl2N2O3/c1-10-21-14-7-17-18(25-5-4-24-17)8-15(14)22(10)9-16(23)12-6-11(19)2-3-13(12)20/h2-3,6-8,16,23H,4-5,9H2,1H3. The predicted octanol–water partition coefficient (Wildman–Crippen LogP) is 4.16. The van der Waals surface area contributed by atoms with Gasteiger partial charge in [-0.1, -0.05) is 23.2 Å². The van der Waals surface area contributed by atoms with Crippen molar-refractivity contribution in [3.05, 3.63) is 51.8 Å². The molecule has 2 aromatic carbocycles. The van der Waals surface area contributed by atoms with E-state index in [1.54, 1.807) is 18.2 Å². The van der Waals surface area contributed by atoms with E-state index in [1.165, 1.54) is 0 Å². The monoisotopic (exact) mass is 378 g/mol. The number of hydrogen-bond acceptors (Lipinski definition) is 4. The van der Waals surface area contributed by atoms with E-state index in [1.807, 2.05) is 23.6 Å². The molecule has 1 aromatic heterocycles. The third-order valence-corrected chi connectivity index (χ3v) is 4.85. The Morgan fingerprint density at radius 3 is 2.64 bits per heavy atom. The van der Waals surface area contributed by atoms with Crippen molar-refractivity contribution in [1.29, 1.82) is 0 Å². The summed E-state index contributed by atoms with van der Waals surface area (Å²) in [4.78, 5) is 4.57. The van der Waals surface area contributed by atoms with E-state index in [0.29, 0.717) is 46.9 Å². The van der Waals surface area contributed by atoms with Crippen LogP contribution >= 0.6 is 23.2 Å². The van der Waals surface area contributed by atoms with Crippen LogP contribution in [0.3, 0.4) is 0 Å². The Hall–Kier alpha value is -1.95. The van der Waals surface area contributed by atoms with Gasteiger partial charge in [0.05, 0.1) is 23.7 Å². The SMILES string of the molecule is Cc1nc2cc3c(cc2n1CC(O)c1cc(Cl)ccc1Cl)OCCO3. The normalized spacial score (nSPS) is 14.7. The molecule has 0 spiro atoms. The summed E-state index contributed by atoms with van der Waals surface area (Å²) in [5.74, 6) is 2.17. The third kappa shape index (κ3) is 3.03. The Morgan fingerprint density at radius 2 is 1.88 bits per heavy atom. The summed E-state index contributed by atoms with van der Waals surface area (Å²) < 4.78 is 13.2. The summed E-state index contributed by atoms with van der Waals surface area (Å²) in [6.45, 7) is 3.26. The molecule has 1 atom stereocenters. The molecule has 1 aliphatic heterocycles. The molecule has 2 heterocycles. The van der Waals surface area contributed by atoms with Crippen LogP contribution < -0.4 is 9.47 Å². The van der Waals surface area contributed by atoms with Crippen LogP contribution in [0.4, 0.5) is 0 Å². The van der Waals surface area contributed by atoms with Crippen LogP contribution in [-0.4, -0.2) is 27.9 Å². The zero-order valence-electron chi connectivity index (χ0n) is 13.5. The quantitative estimate of drug-likeness (QED) is 0.743. The van der Waals surface area contributed by atoms with Gasteiger partial charge >= 0.3 is 0 Å². The summed E-state index contributed by atoms with van der Waals surface area (Å²) in [6.07, 6.45) is -0.810. The second-order valence-corrected chi connectivity index (χ2v) is 6.78. The number of aromatic nitrogens is 2. The molecule has 0 radical (unpaired) electrons. The van der Waals surface area contributed by atoms with Gasteiger partial charge in [0.2, 0.25) is 0 Å². The van der Waals surface area contributed by atoms with Crippen molar-refractivity contribution in [2.24, 2.45) is 0 Å². The molecule has 5 nitrogen and oxygen atoms in total. The van der Waals surface area contributed by atoms with Gasteiger partial charge in [-0.2, -0.15) is 0 Å². The summed E-state index contributed by atoms with van der Waals surface area (Å²) in [5.41, 5.74) is 2.26. The van der Waals surface area contributed by atoms with Gasteiger partial charge in [-0.25, -0.2) is 4.98 Å². The molecule has 130 valence electrons. The Morgan fingerprint density at radius 1 is 1.16 bits per heavy atom. The lowest BCUT2D eigenvalue weighted by molar-refractivity contribution is 0.157. The fraction of sp³-hybridized carbons (Fsp3) is 0.278. The minimum absolute atomic E-state index is 0.308. The molecule has 1 unspecified atom stereocenters. The fourth-order valence-electron chi connectivity index (χ4n) is 3.05. The number of nitrogens with zero attached hydrogens (tertiary/aromatic N) is 2. The molecular weight excluding hydrogens is 363 g/mol. The van der Waals surface area contributed by atoms with Crippen molar-refractivity contribution in [2.45, 2.75) is 19.6 Å². The molecule has 0 amide bonds. The first kappa shape index (κ1) is 16.5. The smallest absolute Gasteiger partial charge is 0.163 e. The van der Waals surface area contributed by atoms with Crippen molar-refractivity contribution < 1.29 is 14.6 Å². The predicted molar refractivity (Wildman–Crippen MR) is 96.9 cm³/mol. The molecule has 7 heteroatoms. The van der Waals surface area contributed by atoms with Gasteiger partial charge in [0.1, 0.15) is 19.0 Å². The number of ether oxygens (including phenoxy) is 2. The number of benzene rings is 2. The molecule has 4 rings (SSSR count). The summed E-state index contributed by atoms with van der Waals surface area (Å²) >= 11 is 12.2. The minimum atomic E-state index is -0.810. The van der Waals surface area contributed by atoms with Crippen LogP contribution in [0.1, 0.15) is 17.5 Å². The average molecular weight is 379 g/mol. The Balaban J connectivity index is 1.73. The highest BCUT2D eigenvalue weighted by Crippen LogP contribution is 2.35. The highest BCUT2D eigenvalue weighted by Gasteiger charge is 2.20. The Labute approximate surface area is 154 Å². The second-order valence-electron chi connectivity index (χ2n) is 5.94. The van der Waals surface area contributed by atoms with E-state index in [2.05, 4.69) is 4.98 Å². The summed E-state index contributed by atoms with van der Waals surface area (Å²) in [7, 11) is 0. The number of aliphatic hydroxyl groups is 1. The lowest BCUT2D eigenvalue weighted by atomic mass is 10.1. The van der Waals surface area contributed by atoms with Gasteiger partial charge in [0, 0.05) is 27.7 Å². The van der Waals surface area contributed by atoms with Gasteiger partial charge < -0.3 is 19.1 Å². The fourth-order valence-corrected chi connectivity index (χ4v) is 3.48. The number of imidazole rings is 1. The van der Waals surface area contributed by atoms with E-state index in [-0.39, 0.29) is 0 Å². The maximum Gasteiger partial charge on any atom is 0.163 e. The van der Waals surface area contributed by atoms with Gasteiger partial charge in [0.25, 0.3) is 0 Å². The third-order valence-electron chi connectivity index (χ3n) is 4.28. The Kier molecular flexibility index (Phi) is 4.23. The number of aliphatic hydroxyl groups excluding tert-OH is 1. The molecule has 0 saturated heterocycles. The van der Waals surface area contributed by atoms with Gasteiger partial charge in [-0.3, -0.25) is 0 Å². The van der Waals surface area contributed by atoms with Gasteiger partial charge in [-0.15, -0.1) is 0 Å². The molecule has 0 saturated carbocycles. The number of halogens is 2. The van der Waals surface area contributed by atoms with Crippen molar-refractivity contribution in [1.82, 2.24) is 9.55 Å². The minimum Gasteiger partial charge on any atom is -0.486 e. The molecule has 1 aliphatic rings. The topological polar surface area (TPSA) is 56.5 Å². The molecule has 0 aliphatic carbocycles. The van der Waals surface area contributed by atoms with Crippen molar-refractivity contribution in [3.63, 3.8) is 0 Å². The molecule has 0 fully saturated rings. The largest absolute Gasteiger partial charge is 0.486 e. The lowest BCUT2D eigenvalue weighted by Gasteiger charge is -2.19. The highest BCUT2D eigenvalue weighted by molar-refractivity contribution is 6.33. The van der Waals surface area contributed by atoms with Gasteiger partial charge in [0.15, 0.2) is 11.5 Å². The molecule has 0 bridgehead atoms. The number of rotatable bonds is 3. The maximum absolute atomic E-state index is 10.7. The summed E-state index contributed by atoms with van der Waals surface area (Å²) in [6, 6.07) is 8.83. The highest BCUT2D eigenvalue weighted by atomic mass is 35.5. The lowest BCUT2D eigenvalue weighted by Crippen LogP contribution is -2.15. The number of aryl methyl sites for hydroxylation is 1. The maximum atomic E-state index is 10.7. The molecule has 25 heavy (non-hydrogen) atoms. The van der Waals surface area contributed by atoms with Crippen LogP contribution in [0, 0.1) is 6.92 Å². The first-order valence-electron chi connectivity index (χ1n) is 7.92. The second kappa shape index (κ2) is 6.41. The molecule has 1 N–H and O–H groups in total. The van der Waals surface area contributed by atoms with E-state index < -0.39 is 6.10 Å². The number of hydrogen-bond donors (Lipinski definition) is 1. The van der Waals surface area contributed by atoms with Crippen LogP contribution in [-0.2, 0) is 6.54 Å². The van der Waals surface area contributed by atoms with E-state index in [9.17, 15) is 5.11 Å². The van der Waals surface area contributed by atoms with Crippen molar-refractivity contribution in [2.75, 3.05) is 13.2 Å². The van der Waals surface area contributed by atoms with E-state index >= 15 is 0 Å². The van der Waals surface area contributed by atoms with Gasteiger partial charge in [-0.05, 0) is 25.1 Å². The number of fused-ring (bicyclic) bond motifs is 2. The zero-order chi connectivity index (χ0) is 17.6. The van der Waals surface area contributed by atoms with Crippen LogP contribution in [0.25, 0.3) is 11.0 Å². The van der Waals surface area contributed by atoms with Crippen LogP contribution in [0.15, 0.2) is 30.3 Å². The van der Waals surface area contributed by atoms with E-state index in [4.69, 9.17) is 32.7 Å². The summed E-state index contributed by atoms with van der Waals surface area (Å²) in [5, 5.41) is 11.7. The van der Waals surface area contributed by atoms with Crippen LogP contribution in [0.5, 0.6) is 11.5 Å².